The number of benzene rings is 1. The minimum absolute atomic E-state index is 0.00175. The van der Waals surface area contributed by atoms with Gasteiger partial charge < -0.3 is 19.7 Å². The van der Waals surface area contributed by atoms with Crippen molar-refractivity contribution in [1.29, 1.82) is 0 Å². The van der Waals surface area contributed by atoms with Crippen LogP contribution in [0.15, 0.2) is 10.6 Å². The Labute approximate surface area is 105 Å². The van der Waals surface area contributed by atoms with E-state index in [1.165, 1.54) is 6.07 Å². The van der Waals surface area contributed by atoms with Crippen LogP contribution in [0, 0.1) is 5.82 Å². The first-order chi connectivity index (χ1) is 8.70. The molecule has 0 atom stereocenters. The molecular formula is C10H7ClFN3O3. The molecule has 0 radical (unpaired) electrons. The largest absolute Gasteiger partial charge is 0.454 e. The maximum Gasteiger partial charge on any atom is 0.240 e. The van der Waals surface area contributed by atoms with Gasteiger partial charge in [-0.25, -0.2) is 4.39 Å². The summed E-state index contributed by atoms with van der Waals surface area (Å²) in [6.45, 7) is 0.0745. The van der Waals surface area contributed by atoms with Gasteiger partial charge in [0.2, 0.25) is 18.5 Å². The first-order valence-corrected chi connectivity index (χ1v) is 5.39. The van der Waals surface area contributed by atoms with Crippen molar-refractivity contribution >= 4 is 11.6 Å². The average molecular weight is 272 g/mol. The second-order valence-corrected chi connectivity index (χ2v) is 3.88. The van der Waals surface area contributed by atoms with E-state index in [1.807, 2.05) is 0 Å². The van der Waals surface area contributed by atoms with E-state index in [1.54, 1.807) is 0 Å². The van der Waals surface area contributed by atoms with Crippen LogP contribution in [0.1, 0.15) is 5.89 Å². The minimum Gasteiger partial charge on any atom is -0.454 e. The quantitative estimate of drug-likeness (QED) is 0.895. The van der Waals surface area contributed by atoms with Crippen LogP contribution in [-0.4, -0.2) is 16.9 Å². The second-order valence-electron chi connectivity index (χ2n) is 3.50. The highest BCUT2D eigenvalue weighted by Crippen LogP contribution is 2.44. The Kier molecular flexibility index (Phi) is 2.57. The molecule has 0 spiro atoms. The van der Waals surface area contributed by atoms with Crippen molar-refractivity contribution in [3.05, 3.63) is 22.8 Å². The molecule has 0 saturated carbocycles. The predicted octanol–water partition coefficient (Wildman–Crippen LogP) is 1.72. The Morgan fingerprint density at radius 3 is 3.00 bits per heavy atom. The molecule has 0 bridgehead atoms. The SMILES string of the molecule is NCc1nc(-c2cc3c(c(Cl)c2F)OCO3)no1. The Morgan fingerprint density at radius 1 is 1.44 bits per heavy atom. The normalized spacial score (nSPS) is 13.1. The zero-order valence-electron chi connectivity index (χ0n) is 8.94. The molecule has 94 valence electrons. The van der Waals surface area contributed by atoms with Crippen molar-refractivity contribution in [2.75, 3.05) is 6.79 Å². The van der Waals surface area contributed by atoms with Crippen molar-refractivity contribution < 1.29 is 18.4 Å². The van der Waals surface area contributed by atoms with Gasteiger partial charge in [0.15, 0.2) is 17.3 Å². The number of nitrogens with two attached hydrogens (primary N) is 1. The number of rotatable bonds is 2. The van der Waals surface area contributed by atoms with Gasteiger partial charge in [0, 0.05) is 0 Å². The number of ether oxygens (including phenoxy) is 2. The van der Waals surface area contributed by atoms with Gasteiger partial charge >= 0.3 is 0 Å². The van der Waals surface area contributed by atoms with Crippen LogP contribution in [0.2, 0.25) is 5.02 Å². The highest BCUT2D eigenvalue weighted by molar-refractivity contribution is 6.32. The number of hydrogen-bond donors (Lipinski definition) is 1. The van der Waals surface area contributed by atoms with Crippen molar-refractivity contribution in [3.63, 3.8) is 0 Å². The molecule has 0 saturated heterocycles. The van der Waals surface area contributed by atoms with Crippen LogP contribution in [0.5, 0.6) is 11.5 Å². The minimum atomic E-state index is -0.690. The van der Waals surface area contributed by atoms with E-state index in [9.17, 15) is 4.39 Å². The lowest BCUT2D eigenvalue weighted by atomic mass is 10.1. The Morgan fingerprint density at radius 2 is 2.28 bits per heavy atom. The summed E-state index contributed by atoms with van der Waals surface area (Å²) < 4.78 is 29.0. The van der Waals surface area contributed by atoms with Crippen molar-refractivity contribution in [1.82, 2.24) is 10.1 Å². The van der Waals surface area contributed by atoms with E-state index in [2.05, 4.69) is 10.1 Å². The smallest absolute Gasteiger partial charge is 0.240 e. The van der Waals surface area contributed by atoms with Gasteiger partial charge in [0.05, 0.1) is 12.1 Å². The molecule has 0 aliphatic carbocycles. The van der Waals surface area contributed by atoms with Gasteiger partial charge in [-0.05, 0) is 6.07 Å². The summed E-state index contributed by atoms with van der Waals surface area (Å²) in [5.74, 6) is 0.104. The number of nitrogens with zero attached hydrogens (tertiary/aromatic N) is 2. The summed E-state index contributed by atoms with van der Waals surface area (Å²) in [6, 6.07) is 1.41. The molecule has 0 unspecified atom stereocenters. The molecule has 1 aromatic heterocycles. The van der Waals surface area contributed by atoms with Crippen molar-refractivity contribution in [3.8, 4) is 22.9 Å². The van der Waals surface area contributed by atoms with Crippen molar-refractivity contribution in [2.24, 2.45) is 5.73 Å². The monoisotopic (exact) mass is 271 g/mol. The van der Waals surface area contributed by atoms with E-state index in [4.69, 9.17) is 31.3 Å². The van der Waals surface area contributed by atoms with E-state index < -0.39 is 5.82 Å². The van der Waals surface area contributed by atoms with Gasteiger partial charge in [-0.1, -0.05) is 16.8 Å². The van der Waals surface area contributed by atoms with Gasteiger partial charge in [-0.3, -0.25) is 0 Å². The molecule has 0 fully saturated rings. The van der Waals surface area contributed by atoms with Crippen LogP contribution in [0.25, 0.3) is 11.4 Å². The van der Waals surface area contributed by atoms with Crippen LogP contribution in [0.4, 0.5) is 4.39 Å². The first-order valence-electron chi connectivity index (χ1n) is 5.01. The molecular weight excluding hydrogens is 265 g/mol. The molecule has 0 amide bonds. The number of halogens is 2. The maximum absolute atomic E-state index is 14.0. The predicted molar refractivity (Wildman–Crippen MR) is 58.7 cm³/mol. The summed E-state index contributed by atoms with van der Waals surface area (Å²) in [4.78, 5) is 3.93. The van der Waals surface area contributed by atoms with E-state index in [0.717, 1.165) is 0 Å². The van der Waals surface area contributed by atoms with Crippen molar-refractivity contribution in [2.45, 2.75) is 6.54 Å². The summed E-state index contributed by atoms with van der Waals surface area (Å²) in [5, 5.41) is 3.46. The molecule has 3 rings (SSSR count). The lowest BCUT2D eigenvalue weighted by molar-refractivity contribution is 0.174. The molecule has 1 aliphatic heterocycles. The average Bonchev–Trinajstić information content (AvgIpc) is 3.01. The highest BCUT2D eigenvalue weighted by Gasteiger charge is 2.26. The van der Waals surface area contributed by atoms with E-state index in [0.29, 0.717) is 5.75 Å². The molecule has 8 heteroatoms. The molecule has 2 aromatic rings. The third-order valence-corrected chi connectivity index (χ3v) is 2.77. The summed E-state index contributed by atoms with van der Waals surface area (Å²) in [6.07, 6.45) is 0. The van der Waals surface area contributed by atoms with Gasteiger partial charge in [-0.2, -0.15) is 4.98 Å². The molecule has 6 nitrogen and oxygen atoms in total. The van der Waals surface area contributed by atoms with E-state index in [-0.39, 0.29) is 41.4 Å². The van der Waals surface area contributed by atoms with Crippen LogP contribution in [-0.2, 0) is 6.54 Å². The zero-order valence-corrected chi connectivity index (χ0v) is 9.70. The lowest BCUT2D eigenvalue weighted by Crippen LogP contribution is -1.96. The van der Waals surface area contributed by atoms with E-state index >= 15 is 0 Å². The lowest BCUT2D eigenvalue weighted by Gasteiger charge is -2.03. The molecule has 2 N–H and O–H groups in total. The number of aromatic nitrogens is 2. The maximum atomic E-state index is 14.0. The van der Waals surface area contributed by atoms with Crippen LogP contribution < -0.4 is 15.2 Å². The van der Waals surface area contributed by atoms with Crippen LogP contribution in [0.3, 0.4) is 0 Å². The summed E-state index contributed by atoms with van der Waals surface area (Å²) in [7, 11) is 0. The fraction of sp³-hybridized carbons (Fsp3) is 0.200. The fourth-order valence-corrected chi connectivity index (χ4v) is 1.84. The fourth-order valence-electron chi connectivity index (χ4n) is 1.59. The molecule has 18 heavy (non-hydrogen) atoms. The zero-order chi connectivity index (χ0) is 12.7. The van der Waals surface area contributed by atoms with Gasteiger partial charge in [0.25, 0.3) is 0 Å². The Bertz CT molecular complexity index is 617. The Balaban J connectivity index is 2.15. The highest BCUT2D eigenvalue weighted by atomic mass is 35.5. The third-order valence-electron chi connectivity index (χ3n) is 2.43. The topological polar surface area (TPSA) is 83.4 Å². The molecule has 1 aliphatic rings. The standard InChI is InChI=1S/C10H7ClFN3O3/c11-7-8(12)4(1-5-9(7)17-3-16-5)10-14-6(2-13)18-15-10/h1H,2-3,13H2. The summed E-state index contributed by atoms with van der Waals surface area (Å²) >= 11 is 5.84. The summed E-state index contributed by atoms with van der Waals surface area (Å²) in [5.41, 5.74) is 5.42. The van der Waals surface area contributed by atoms with Gasteiger partial charge in [0.1, 0.15) is 5.02 Å². The number of fused-ring (bicyclic) bond motifs is 1. The second kappa shape index (κ2) is 4.11. The first kappa shape index (κ1) is 11.2. The molecule has 1 aromatic carbocycles. The third kappa shape index (κ3) is 1.59. The van der Waals surface area contributed by atoms with Gasteiger partial charge in [-0.15, -0.1) is 0 Å². The Hall–Kier alpha value is -1.86. The molecule has 2 heterocycles. The number of hydrogen-bond acceptors (Lipinski definition) is 6. The van der Waals surface area contributed by atoms with Crippen LogP contribution >= 0.6 is 11.6 Å².